The highest BCUT2D eigenvalue weighted by molar-refractivity contribution is 5.82. The summed E-state index contributed by atoms with van der Waals surface area (Å²) in [6, 6.07) is 6.16. The number of benzene rings is 1. The molecule has 0 unspecified atom stereocenters. The molecule has 0 spiro atoms. The number of imidazole rings is 1. The molecule has 0 fully saturated rings. The molecule has 1 aromatic carbocycles. The molecule has 0 aliphatic rings. The third kappa shape index (κ3) is 1.74. The van der Waals surface area contributed by atoms with Crippen LogP contribution in [0.2, 0.25) is 0 Å². The van der Waals surface area contributed by atoms with Crippen molar-refractivity contribution in [3.8, 4) is 18.1 Å². The molecule has 0 saturated heterocycles. The number of rotatable bonds is 3. The van der Waals surface area contributed by atoms with E-state index in [0.29, 0.717) is 6.04 Å². The largest absolute Gasteiger partial charge is 0.479 e. The average molecular weight is 214 g/mol. The second-order valence-electron chi connectivity index (χ2n) is 3.86. The summed E-state index contributed by atoms with van der Waals surface area (Å²) in [5.41, 5.74) is 1.94. The normalized spacial score (nSPS) is 10.6. The van der Waals surface area contributed by atoms with Crippen LogP contribution >= 0.6 is 0 Å². The van der Waals surface area contributed by atoms with E-state index in [4.69, 9.17) is 11.2 Å². The van der Waals surface area contributed by atoms with E-state index in [-0.39, 0.29) is 6.61 Å². The van der Waals surface area contributed by atoms with Crippen molar-refractivity contribution in [2.45, 2.75) is 19.9 Å². The van der Waals surface area contributed by atoms with Crippen molar-refractivity contribution >= 4 is 11.0 Å². The molecule has 0 bridgehead atoms. The Bertz CT molecular complexity index is 534. The predicted molar refractivity (Wildman–Crippen MR) is 64.4 cm³/mol. The van der Waals surface area contributed by atoms with Crippen molar-refractivity contribution in [3.63, 3.8) is 0 Å². The van der Waals surface area contributed by atoms with Crippen LogP contribution in [0.3, 0.4) is 0 Å². The second-order valence-corrected chi connectivity index (χ2v) is 3.86. The SMILES string of the molecule is C#CCOc1cccc2ncn(C(C)C)c12. The Labute approximate surface area is 95.1 Å². The van der Waals surface area contributed by atoms with Crippen molar-refractivity contribution in [2.75, 3.05) is 6.61 Å². The van der Waals surface area contributed by atoms with Gasteiger partial charge in [0.15, 0.2) is 0 Å². The monoisotopic (exact) mass is 214 g/mol. The van der Waals surface area contributed by atoms with Crippen molar-refractivity contribution in [3.05, 3.63) is 24.5 Å². The Morgan fingerprint density at radius 2 is 2.31 bits per heavy atom. The summed E-state index contributed by atoms with van der Waals surface area (Å²) in [6.45, 7) is 4.50. The fraction of sp³-hybridized carbons (Fsp3) is 0.308. The van der Waals surface area contributed by atoms with E-state index < -0.39 is 0 Å². The van der Waals surface area contributed by atoms with Gasteiger partial charge in [-0.25, -0.2) is 4.98 Å². The van der Waals surface area contributed by atoms with Gasteiger partial charge in [-0.1, -0.05) is 12.0 Å². The fourth-order valence-electron chi connectivity index (χ4n) is 1.68. The Morgan fingerprint density at radius 3 is 3.00 bits per heavy atom. The minimum Gasteiger partial charge on any atom is -0.479 e. The first kappa shape index (κ1) is 10.6. The topological polar surface area (TPSA) is 27.1 Å². The Balaban J connectivity index is 2.55. The minimum absolute atomic E-state index is 0.280. The molecule has 1 heterocycles. The molecule has 0 N–H and O–H groups in total. The molecule has 0 saturated carbocycles. The molecule has 0 atom stereocenters. The van der Waals surface area contributed by atoms with E-state index in [1.807, 2.05) is 24.5 Å². The molecule has 0 amide bonds. The number of para-hydroxylation sites is 1. The zero-order valence-corrected chi connectivity index (χ0v) is 9.47. The van der Waals surface area contributed by atoms with Crippen LogP contribution in [0, 0.1) is 12.3 Å². The Hall–Kier alpha value is -1.95. The van der Waals surface area contributed by atoms with Crippen LogP contribution in [0.15, 0.2) is 24.5 Å². The highest BCUT2D eigenvalue weighted by atomic mass is 16.5. The summed E-state index contributed by atoms with van der Waals surface area (Å²) in [6.07, 6.45) is 7.03. The second kappa shape index (κ2) is 4.28. The molecule has 2 rings (SSSR count). The lowest BCUT2D eigenvalue weighted by molar-refractivity contribution is 0.372. The highest BCUT2D eigenvalue weighted by Gasteiger charge is 2.10. The molecule has 0 aliphatic carbocycles. The van der Waals surface area contributed by atoms with Gasteiger partial charge in [0, 0.05) is 6.04 Å². The summed E-state index contributed by atoms with van der Waals surface area (Å²) in [7, 11) is 0. The first-order valence-corrected chi connectivity index (χ1v) is 5.26. The summed E-state index contributed by atoms with van der Waals surface area (Å²) in [5, 5.41) is 0. The lowest BCUT2D eigenvalue weighted by atomic mass is 10.2. The van der Waals surface area contributed by atoms with Crippen molar-refractivity contribution in [2.24, 2.45) is 0 Å². The summed E-state index contributed by atoms with van der Waals surface area (Å²) >= 11 is 0. The number of nitrogens with zero attached hydrogens (tertiary/aromatic N) is 2. The van der Waals surface area contributed by atoms with Gasteiger partial charge in [-0.05, 0) is 26.0 Å². The summed E-state index contributed by atoms with van der Waals surface area (Å²) in [5.74, 6) is 3.26. The van der Waals surface area contributed by atoms with E-state index in [0.717, 1.165) is 16.8 Å². The predicted octanol–water partition coefficient (Wildman–Crippen LogP) is 2.63. The molecule has 0 aliphatic heterocycles. The smallest absolute Gasteiger partial charge is 0.148 e. The number of aromatic nitrogens is 2. The van der Waals surface area contributed by atoms with Gasteiger partial charge in [0.1, 0.15) is 17.9 Å². The van der Waals surface area contributed by atoms with Crippen LogP contribution in [-0.2, 0) is 0 Å². The van der Waals surface area contributed by atoms with Gasteiger partial charge in [-0.3, -0.25) is 0 Å². The number of ether oxygens (including phenoxy) is 1. The molecule has 16 heavy (non-hydrogen) atoms. The zero-order valence-electron chi connectivity index (χ0n) is 9.47. The highest BCUT2D eigenvalue weighted by Crippen LogP contribution is 2.27. The van der Waals surface area contributed by atoms with Crippen LogP contribution < -0.4 is 4.74 Å². The van der Waals surface area contributed by atoms with E-state index in [1.165, 1.54) is 0 Å². The summed E-state index contributed by atoms with van der Waals surface area (Å²) < 4.78 is 7.61. The van der Waals surface area contributed by atoms with Gasteiger partial charge >= 0.3 is 0 Å². The molecular weight excluding hydrogens is 200 g/mol. The van der Waals surface area contributed by atoms with Gasteiger partial charge in [-0.15, -0.1) is 6.42 Å². The zero-order chi connectivity index (χ0) is 11.5. The number of hydrogen-bond acceptors (Lipinski definition) is 2. The quantitative estimate of drug-likeness (QED) is 0.734. The molecule has 82 valence electrons. The van der Waals surface area contributed by atoms with E-state index in [1.54, 1.807) is 0 Å². The van der Waals surface area contributed by atoms with Gasteiger partial charge in [0.2, 0.25) is 0 Å². The van der Waals surface area contributed by atoms with Crippen molar-refractivity contribution in [1.29, 1.82) is 0 Å². The van der Waals surface area contributed by atoms with Gasteiger partial charge in [0.05, 0.1) is 11.8 Å². The number of terminal acetylenes is 1. The van der Waals surface area contributed by atoms with Crippen LogP contribution in [0.5, 0.6) is 5.75 Å². The van der Waals surface area contributed by atoms with Crippen LogP contribution in [0.1, 0.15) is 19.9 Å². The lowest BCUT2D eigenvalue weighted by Gasteiger charge is -2.11. The van der Waals surface area contributed by atoms with Crippen LogP contribution in [0.25, 0.3) is 11.0 Å². The summed E-state index contributed by atoms with van der Waals surface area (Å²) in [4.78, 5) is 4.34. The maximum atomic E-state index is 5.52. The third-order valence-electron chi connectivity index (χ3n) is 2.42. The van der Waals surface area contributed by atoms with Gasteiger partial charge in [-0.2, -0.15) is 0 Å². The van der Waals surface area contributed by atoms with Gasteiger partial charge < -0.3 is 9.30 Å². The molecule has 3 nitrogen and oxygen atoms in total. The Morgan fingerprint density at radius 1 is 1.50 bits per heavy atom. The molecule has 1 aromatic heterocycles. The fourth-order valence-corrected chi connectivity index (χ4v) is 1.68. The first-order chi connectivity index (χ1) is 7.74. The van der Waals surface area contributed by atoms with E-state index in [2.05, 4.69) is 29.3 Å². The van der Waals surface area contributed by atoms with Crippen molar-refractivity contribution in [1.82, 2.24) is 9.55 Å². The molecular formula is C13H14N2O. The standard InChI is InChI=1S/C13H14N2O/c1-4-8-16-12-7-5-6-11-13(12)15(9-14-11)10(2)3/h1,5-7,9-10H,8H2,2-3H3. The lowest BCUT2D eigenvalue weighted by Crippen LogP contribution is -2.01. The van der Waals surface area contributed by atoms with E-state index in [9.17, 15) is 0 Å². The van der Waals surface area contributed by atoms with E-state index >= 15 is 0 Å². The van der Waals surface area contributed by atoms with Crippen molar-refractivity contribution < 1.29 is 4.74 Å². The number of hydrogen-bond donors (Lipinski definition) is 0. The third-order valence-corrected chi connectivity index (χ3v) is 2.42. The first-order valence-electron chi connectivity index (χ1n) is 5.26. The maximum Gasteiger partial charge on any atom is 0.148 e. The molecule has 2 aromatic rings. The maximum absolute atomic E-state index is 5.52. The Kier molecular flexibility index (Phi) is 2.82. The van der Waals surface area contributed by atoms with Gasteiger partial charge in [0.25, 0.3) is 0 Å². The molecule has 0 radical (unpaired) electrons. The van der Waals surface area contributed by atoms with Crippen LogP contribution in [0.4, 0.5) is 0 Å². The minimum atomic E-state index is 0.280. The number of fused-ring (bicyclic) bond motifs is 1. The molecule has 3 heteroatoms. The van der Waals surface area contributed by atoms with Crippen LogP contribution in [-0.4, -0.2) is 16.2 Å². The average Bonchev–Trinajstić information content (AvgIpc) is 2.70.